The molecular weight excluding hydrogens is 463 g/mol. The molecule has 0 aliphatic heterocycles. The van der Waals surface area contributed by atoms with E-state index in [1.165, 1.54) is 23.8 Å². The van der Waals surface area contributed by atoms with E-state index < -0.39 is 0 Å². The van der Waals surface area contributed by atoms with Crippen LogP contribution in [0.25, 0.3) is 6.08 Å². The Balaban J connectivity index is 1.47. The van der Waals surface area contributed by atoms with Crippen LogP contribution in [-0.4, -0.2) is 18.4 Å². The zero-order chi connectivity index (χ0) is 25.9. The molecule has 0 aliphatic carbocycles. The third-order valence-electron chi connectivity index (χ3n) is 5.90. The predicted molar refractivity (Wildman–Crippen MR) is 146 cm³/mol. The van der Waals surface area contributed by atoms with Crippen molar-refractivity contribution in [2.45, 2.75) is 19.4 Å². The van der Waals surface area contributed by atoms with Crippen LogP contribution in [0.5, 0.6) is 0 Å². The van der Waals surface area contributed by atoms with Crippen molar-refractivity contribution in [3.63, 3.8) is 0 Å². The fourth-order valence-electron chi connectivity index (χ4n) is 3.96. The molecule has 186 valence electrons. The quantitative estimate of drug-likeness (QED) is 0.277. The van der Waals surface area contributed by atoms with Gasteiger partial charge in [-0.3, -0.25) is 9.59 Å². The average molecular weight is 493 g/mol. The summed E-state index contributed by atoms with van der Waals surface area (Å²) in [5.74, 6) is -0.614. The molecule has 0 unspecified atom stereocenters. The van der Waals surface area contributed by atoms with Gasteiger partial charge in [0.15, 0.2) is 0 Å². The number of nitrogens with one attached hydrogen (secondary N) is 1. The van der Waals surface area contributed by atoms with E-state index in [9.17, 15) is 14.0 Å². The summed E-state index contributed by atoms with van der Waals surface area (Å²) in [6.45, 7) is 0.826. The Hall–Kier alpha value is -4.51. The summed E-state index contributed by atoms with van der Waals surface area (Å²) in [6.07, 6.45) is 4.27. The van der Waals surface area contributed by atoms with E-state index >= 15 is 0 Å². The lowest BCUT2D eigenvalue weighted by atomic mass is 10.1. The van der Waals surface area contributed by atoms with Crippen molar-refractivity contribution in [3.8, 4) is 0 Å². The lowest BCUT2D eigenvalue weighted by Crippen LogP contribution is -2.29. The van der Waals surface area contributed by atoms with Gasteiger partial charge in [0, 0.05) is 18.3 Å². The summed E-state index contributed by atoms with van der Waals surface area (Å²) in [5, 5.41) is 2.97. The number of rotatable bonds is 10. The van der Waals surface area contributed by atoms with E-state index in [4.69, 9.17) is 0 Å². The van der Waals surface area contributed by atoms with Crippen LogP contribution in [0.3, 0.4) is 0 Å². The Morgan fingerprint density at radius 2 is 1.43 bits per heavy atom. The molecule has 37 heavy (non-hydrogen) atoms. The van der Waals surface area contributed by atoms with Crippen molar-refractivity contribution in [2.24, 2.45) is 0 Å². The molecular formula is C32H29FN2O2. The monoisotopic (exact) mass is 492 g/mol. The van der Waals surface area contributed by atoms with Gasteiger partial charge in [-0.25, -0.2) is 4.39 Å². The molecule has 5 heteroatoms. The van der Waals surface area contributed by atoms with Crippen molar-refractivity contribution in [3.05, 3.63) is 143 Å². The molecule has 2 amide bonds. The molecule has 0 fully saturated rings. The molecule has 0 saturated carbocycles. The highest BCUT2D eigenvalue weighted by Gasteiger charge is 2.15. The van der Waals surface area contributed by atoms with Gasteiger partial charge < -0.3 is 10.2 Å². The Kier molecular flexibility index (Phi) is 8.97. The first kappa shape index (κ1) is 25.6. The van der Waals surface area contributed by atoms with Crippen molar-refractivity contribution in [1.29, 1.82) is 0 Å². The summed E-state index contributed by atoms with van der Waals surface area (Å²) in [4.78, 5) is 27.5. The number of hydrogen-bond donors (Lipinski definition) is 1. The lowest BCUT2D eigenvalue weighted by Gasteiger charge is -2.22. The SMILES string of the molecule is O=C(Cc1cccc(N(Cc2ccc(F)cc2)C(=O)C=Cc2ccccc2)c1)NCCc1ccccc1. The van der Waals surface area contributed by atoms with Crippen LogP contribution in [0.2, 0.25) is 0 Å². The molecule has 4 aromatic rings. The Morgan fingerprint density at radius 1 is 0.757 bits per heavy atom. The molecule has 1 N–H and O–H groups in total. The summed E-state index contributed by atoms with van der Waals surface area (Å²) < 4.78 is 13.4. The number of carbonyl (C=O) groups is 2. The largest absolute Gasteiger partial charge is 0.355 e. The Morgan fingerprint density at radius 3 is 2.16 bits per heavy atom. The number of anilines is 1. The van der Waals surface area contributed by atoms with E-state index in [0.29, 0.717) is 12.2 Å². The third kappa shape index (κ3) is 8.00. The van der Waals surface area contributed by atoms with Gasteiger partial charge in [0.2, 0.25) is 5.91 Å². The normalized spacial score (nSPS) is 10.8. The molecule has 0 aromatic heterocycles. The molecule has 0 atom stereocenters. The van der Waals surface area contributed by atoms with Gasteiger partial charge in [-0.15, -0.1) is 0 Å². The number of nitrogens with zero attached hydrogens (tertiary/aromatic N) is 1. The third-order valence-corrected chi connectivity index (χ3v) is 5.90. The molecule has 0 bridgehead atoms. The smallest absolute Gasteiger partial charge is 0.251 e. The molecule has 4 aromatic carbocycles. The van der Waals surface area contributed by atoms with Gasteiger partial charge in [-0.2, -0.15) is 0 Å². The number of carbonyl (C=O) groups excluding carboxylic acids is 2. The Bertz CT molecular complexity index is 1340. The van der Waals surface area contributed by atoms with Gasteiger partial charge in [-0.05, 0) is 59.0 Å². The highest BCUT2D eigenvalue weighted by atomic mass is 19.1. The van der Waals surface area contributed by atoms with Crippen LogP contribution < -0.4 is 10.2 Å². The molecule has 0 radical (unpaired) electrons. The number of amides is 2. The van der Waals surface area contributed by atoms with Gasteiger partial charge in [0.05, 0.1) is 13.0 Å². The maximum Gasteiger partial charge on any atom is 0.251 e. The van der Waals surface area contributed by atoms with Gasteiger partial charge in [0.1, 0.15) is 5.82 Å². The van der Waals surface area contributed by atoms with Gasteiger partial charge in [0.25, 0.3) is 5.91 Å². The van der Waals surface area contributed by atoms with E-state index in [2.05, 4.69) is 5.32 Å². The summed E-state index contributed by atoms with van der Waals surface area (Å²) in [7, 11) is 0. The molecule has 4 rings (SSSR count). The van der Waals surface area contributed by atoms with Crippen molar-refractivity contribution >= 4 is 23.6 Å². The molecule has 0 spiro atoms. The molecule has 0 saturated heterocycles. The first-order chi connectivity index (χ1) is 18.1. The predicted octanol–water partition coefficient (Wildman–Crippen LogP) is 5.97. The summed E-state index contributed by atoms with van der Waals surface area (Å²) in [6, 6.07) is 33.1. The topological polar surface area (TPSA) is 49.4 Å². The molecule has 0 heterocycles. The van der Waals surface area contributed by atoms with Crippen molar-refractivity contribution in [1.82, 2.24) is 5.32 Å². The maximum atomic E-state index is 13.4. The standard InChI is InChI=1S/C32H29FN2O2/c33-29-17-14-27(15-18-29)24-35(32(37)19-16-25-8-3-1-4-9-25)30-13-7-12-28(22-30)23-31(36)34-21-20-26-10-5-2-6-11-26/h1-19,22H,20-21,23-24H2,(H,34,36). The molecule has 4 nitrogen and oxygen atoms in total. The first-order valence-corrected chi connectivity index (χ1v) is 12.3. The first-order valence-electron chi connectivity index (χ1n) is 12.3. The minimum atomic E-state index is -0.328. The van der Waals surface area contributed by atoms with Crippen LogP contribution in [0.15, 0.2) is 115 Å². The van der Waals surface area contributed by atoms with Crippen LogP contribution in [0.1, 0.15) is 22.3 Å². The van der Waals surface area contributed by atoms with E-state index in [1.807, 2.05) is 84.9 Å². The Labute approximate surface area is 217 Å². The summed E-state index contributed by atoms with van der Waals surface area (Å²) >= 11 is 0. The molecule has 0 aliphatic rings. The lowest BCUT2D eigenvalue weighted by molar-refractivity contribution is -0.120. The zero-order valence-corrected chi connectivity index (χ0v) is 20.5. The van der Waals surface area contributed by atoms with E-state index in [0.717, 1.165) is 23.1 Å². The number of halogens is 1. The zero-order valence-electron chi connectivity index (χ0n) is 20.5. The number of benzene rings is 4. The fourth-order valence-corrected chi connectivity index (χ4v) is 3.96. The second kappa shape index (κ2) is 13.0. The fraction of sp³-hybridized carbons (Fsp3) is 0.125. The van der Waals surface area contributed by atoms with Crippen molar-refractivity contribution in [2.75, 3.05) is 11.4 Å². The summed E-state index contributed by atoms with van der Waals surface area (Å²) in [5.41, 5.74) is 4.36. The minimum Gasteiger partial charge on any atom is -0.355 e. The van der Waals surface area contributed by atoms with Crippen molar-refractivity contribution < 1.29 is 14.0 Å². The van der Waals surface area contributed by atoms with Crippen LogP contribution in [-0.2, 0) is 29.0 Å². The van der Waals surface area contributed by atoms with E-state index in [-0.39, 0.29) is 30.6 Å². The van der Waals surface area contributed by atoms with Crippen LogP contribution in [0.4, 0.5) is 10.1 Å². The second-order valence-corrected chi connectivity index (χ2v) is 8.73. The highest BCUT2D eigenvalue weighted by Crippen LogP contribution is 2.21. The van der Waals surface area contributed by atoms with Gasteiger partial charge >= 0.3 is 0 Å². The minimum absolute atomic E-state index is 0.0755. The maximum absolute atomic E-state index is 13.4. The highest BCUT2D eigenvalue weighted by molar-refractivity contribution is 6.03. The van der Waals surface area contributed by atoms with Crippen LogP contribution in [0, 0.1) is 5.82 Å². The van der Waals surface area contributed by atoms with Crippen LogP contribution >= 0.6 is 0 Å². The van der Waals surface area contributed by atoms with Gasteiger partial charge in [-0.1, -0.05) is 84.9 Å². The second-order valence-electron chi connectivity index (χ2n) is 8.73. The number of hydrogen-bond acceptors (Lipinski definition) is 2. The van der Waals surface area contributed by atoms with E-state index in [1.54, 1.807) is 23.1 Å². The average Bonchev–Trinajstić information content (AvgIpc) is 2.93.